The zero-order valence-corrected chi connectivity index (χ0v) is 15.8. The molecule has 0 atom stereocenters. The van der Waals surface area contributed by atoms with E-state index in [0.717, 1.165) is 42.1 Å². The summed E-state index contributed by atoms with van der Waals surface area (Å²) in [7, 11) is 1.85. The number of para-hydroxylation sites is 1. The van der Waals surface area contributed by atoms with Crippen LogP contribution in [0.15, 0.2) is 48.5 Å². The minimum Gasteiger partial charge on any atom is -0.454 e. The average Bonchev–Trinajstić information content (AvgIpc) is 3.39. The number of carbonyl (C=O) groups is 1. The van der Waals surface area contributed by atoms with Crippen LogP contribution in [0.2, 0.25) is 0 Å². The minimum absolute atomic E-state index is 0.119. The molecule has 0 aromatic heterocycles. The molecule has 4 rings (SSSR count). The number of anilines is 1. The second kappa shape index (κ2) is 8.01. The van der Waals surface area contributed by atoms with Crippen LogP contribution in [-0.4, -0.2) is 37.2 Å². The van der Waals surface area contributed by atoms with E-state index in [-0.39, 0.29) is 12.7 Å². The Morgan fingerprint density at radius 2 is 1.78 bits per heavy atom. The summed E-state index contributed by atoms with van der Waals surface area (Å²) >= 11 is 0. The lowest BCUT2D eigenvalue weighted by atomic mass is 10.1. The highest BCUT2D eigenvalue weighted by Crippen LogP contribution is 2.33. The van der Waals surface area contributed by atoms with E-state index in [1.807, 2.05) is 49.5 Å². The summed E-state index contributed by atoms with van der Waals surface area (Å²) in [6.45, 7) is 1.45. The van der Waals surface area contributed by atoms with Crippen molar-refractivity contribution in [1.29, 1.82) is 0 Å². The molecule has 0 N–H and O–H groups in total. The van der Waals surface area contributed by atoms with Crippen molar-refractivity contribution in [3.05, 3.63) is 54.1 Å². The quantitative estimate of drug-likeness (QED) is 0.779. The van der Waals surface area contributed by atoms with Crippen LogP contribution in [-0.2, 0) is 11.3 Å². The molecular formula is C22H26N2O3. The maximum Gasteiger partial charge on any atom is 0.240 e. The Labute approximate surface area is 160 Å². The average molecular weight is 366 g/mol. The van der Waals surface area contributed by atoms with Crippen molar-refractivity contribution in [2.24, 2.45) is 0 Å². The van der Waals surface area contributed by atoms with Crippen LogP contribution < -0.4 is 14.4 Å². The predicted molar refractivity (Wildman–Crippen MR) is 105 cm³/mol. The van der Waals surface area contributed by atoms with Crippen LogP contribution >= 0.6 is 0 Å². The number of nitrogens with zero attached hydrogens (tertiary/aromatic N) is 2. The first-order valence-electron chi connectivity index (χ1n) is 9.65. The van der Waals surface area contributed by atoms with Gasteiger partial charge in [-0.1, -0.05) is 37.1 Å². The summed E-state index contributed by atoms with van der Waals surface area (Å²) in [4.78, 5) is 17.0. The number of hydrogen-bond donors (Lipinski definition) is 0. The van der Waals surface area contributed by atoms with Gasteiger partial charge in [0.2, 0.25) is 12.7 Å². The molecule has 1 heterocycles. The topological polar surface area (TPSA) is 42.0 Å². The summed E-state index contributed by atoms with van der Waals surface area (Å²) in [6.07, 6.45) is 4.80. The Morgan fingerprint density at radius 1 is 1.04 bits per heavy atom. The van der Waals surface area contributed by atoms with E-state index in [1.54, 1.807) is 4.90 Å². The van der Waals surface area contributed by atoms with E-state index in [1.165, 1.54) is 12.8 Å². The fourth-order valence-electron chi connectivity index (χ4n) is 3.93. The molecule has 0 bridgehead atoms. The molecule has 1 amide bonds. The maximum atomic E-state index is 12.9. The second-order valence-corrected chi connectivity index (χ2v) is 7.32. The van der Waals surface area contributed by atoms with Gasteiger partial charge in [0.15, 0.2) is 11.5 Å². The number of ether oxygens (including phenoxy) is 2. The lowest BCUT2D eigenvalue weighted by Gasteiger charge is -2.30. The number of carbonyl (C=O) groups excluding carboxylic acids is 1. The molecule has 1 saturated carbocycles. The van der Waals surface area contributed by atoms with Gasteiger partial charge in [-0.3, -0.25) is 9.69 Å². The molecule has 0 unspecified atom stereocenters. The van der Waals surface area contributed by atoms with E-state index >= 15 is 0 Å². The van der Waals surface area contributed by atoms with E-state index in [9.17, 15) is 4.79 Å². The normalized spacial score (nSPS) is 16.1. The Balaban J connectivity index is 1.48. The van der Waals surface area contributed by atoms with Crippen molar-refractivity contribution in [1.82, 2.24) is 4.90 Å². The van der Waals surface area contributed by atoms with Gasteiger partial charge < -0.3 is 14.4 Å². The van der Waals surface area contributed by atoms with Gasteiger partial charge in [-0.15, -0.1) is 0 Å². The second-order valence-electron chi connectivity index (χ2n) is 7.32. The van der Waals surface area contributed by atoms with Gasteiger partial charge in [-0.2, -0.15) is 0 Å². The minimum atomic E-state index is 0.119. The fourth-order valence-corrected chi connectivity index (χ4v) is 3.93. The molecule has 0 spiro atoms. The highest BCUT2D eigenvalue weighted by molar-refractivity contribution is 5.94. The van der Waals surface area contributed by atoms with Gasteiger partial charge in [0.05, 0.1) is 6.54 Å². The van der Waals surface area contributed by atoms with Crippen LogP contribution in [0.25, 0.3) is 0 Å². The van der Waals surface area contributed by atoms with Crippen LogP contribution in [0.4, 0.5) is 5.69 Å². The molecule has 27 heavy (non-hydrogen) atoms. The molecule has 2 aromatic carbocycles. The van der Waals surface area contributed by atoms with Crippen molar-refractivity contribution < 1.29 is 14.3 Å². The monoisotopic (exact) mass is 366 g/mol. The molecule has 2 aliphatic rings. The van der Waals surface area contributed by atoms with Gasteiger partial charge in [0.25, 0.3) is 0 Å². The highest BCUT2D eigenvalue weighted by Gasteiger charge is 2.26. The lowest BCUT2D eigenvalue weighted by molar-refractivity contribution is -0.120. The standard InChI is InChI=1S/C22H26N2O3/c1-23(18-7-3-2-4-8-18)22(25)15-24(19-9-5-6-10-19)14-17-11-12-20-21(13-17)27-16-26-20/h2-4,7-8,11-13,19H,5-6,9-10,14-16H2,1H3. The Bertz CT molecular complexity index is 787. The summed E-state index contributed by atoms with van der Waals surface area (Å²) < 4.78 is 10.9. The van der Waals surface area contributed by atoms with Crippen molar-refractivity contribution >= 4 is 11.6 Å². The Kier molecular flexibility index (Phi) is 5.30. The number of likely N-dealkylation sites (N-methyl/N-ethyl adjacent to an activating group) is 1. The van der Waals surface area contributed by atoms with Gasteiger partial charge in [-0.05, 0) is 42.7 Å². The summed E-state index contributed by atoms with van der Waals surface area (Å²) in [5, 5.41) is 0. The number of amides is 1. The van der Waals surface area contributed by atoms with Gasteiger partial charge in [0, 0.05) is 25.3 Å². The first-order valence-corrected chi connectivity index (χ1v) is 9.65. The first kappa shape index (κ1) is 17.9. The molecule has 1 aliphatic carbocycles. The first-order chi connectivity index (χ1) is 13.2. The molecule has 5 nitrogen and oxygen atoms in total. The van der Waals surface area contributed by atoms with Crippen molar-refractivity contribution in [3.63, 3.8) is 0 Å². The lowest BCUT2D eigenvalue weighted by Crippen LogP contribution is -2.42. The third-order valence-corrected chi connectivity index (χ3v) is 5.52. The SMILES string of the molecule is CN(C(=O)CN(Cc1ccc2c(c1)OCO2)C1CCCC1)c1ccccc1. The highest BCUT2D eigenvalue weighted by atomic mass is 16.7. The van der Waals surface area contributed by atoms with Gasteiger partial charge >= 0.3 is 0 Å². The van der Waals surface area contributed by atoms with Gasteiger partial charge in [0.1, 0.15) is 0 Å². The fraction of sp³-hybridized carbons (Fsp3) is 0.409. The van der Waals surface area contributed by atoms with E-state index in [2.05, 4.69) is 11.0 Å². The van der Waals surface area contributed by atoms with Gasteiger partial charge in [-0.25, -0.2) is 0 Å². The Hall–Kier alpha value is -2.53. The van der Waals surface area contributed by atoms with Crippen molar-refractivity contribution in [2.75, 3.05) is 25.3 Å². The number of hydrogen-bond acceptors (Lipinski definition) is 4. The third-order valence-electron chi connectivity index (χ3n) is 5.52. The molecule has 1 aliphatic heterocycles. The van der Waals surface area contributed by atoms with Crippen LogP contribution in [0, 0.1) is 0 Å². The molecule has 1 fully saturated rings. The summed E-state index contributed by atoms with van der Waals surface area (Å²) in [5.41, 5.74) is 2.08. The number of benzene rings is 2. The summed E-state index contributed by atoms with van der Waals surface area (Å²) in [5.74, 6) is 1.71. The number of fused-ring (bicyclic) bond motifs is 1. The molecule has 0 saturated heterocycles. The van der Waals surface area contributed by atoms with E-state index in [0.29, 0.717) is 12.6 Å². The van der Waals surface area contributed by atoms with Crippen LogP contribution in [0.3, 0.4) is 0 Å². The van der Waals surface area contributed by atoms with Crippen molar-refractivity contribution in [2.45, 2.75) is 38.3 Å². The van der Waals surface area contributed by atoms with Crippen LogP contribution in [0.5, 0.6) is 11.5 Å². The zero-order chi connectivity index (χ0) is 18.6. The number of rotatable bonds is 6. The smallest absolute Gasteiger partial charge is 0.240 e. The van der Waals surface area contributed by atoms with Crippen molar-refractivity contribution in [3.8, 4) is 11.5 Å². The Morgan fingerprint density at radius 3 is 2.56 bits per heavy atom. The molecule has 0 radical (unpaired) electrons. The van der Waals surface area contributed by atoms with E-state index in [4.69, 9.17) is 9.47 Å². The molecule has 5 heteroatoms. The molecular weight excluding hydrogens is 340 g/mol. The summed E-state index contributed by atoms with van der Waals surface area (Å²) in [6, 6.07) is 16.3. The third kappa shape index (κ3) is 4.08. The van der Waals surface area contributed by atoms with E-state index < -0.39 is 0 Å². The molecule has 142 valence electrons. The zero-order valence-electron chi connectivity index (χ0n) is 15.8. The van der Waals surface area contributed by atoms with Crippen LogP contribution in [0.1, 0.15) is 31.2 Å². The largest absolute Gasteiger partial charge is 0.454 e. The maximum absolute atomic E-state index is 12.9. The molecule has 2 aromatic rings. The predicted octanol–water partition coefficient (Wildman–Crippen LogP) is 3.82.